The molecule has 1 saturated heterocycles. The highest BCUT2D eigenvalue weighted by Crippen LogP contribution is 2.31. The Kier molecular flexibility index (Phi) is 3.29. The van der Waals surface area contributed by atoms with E-state index in [1.807, 2.05) is 0 Å². The lowest BCUT2D eigenvalue weighted by atomic mass is 10.1. The van der Waals surface area contributed by atoms with Gasteiger partial charge < -0.3 is 9.84 Å². The molecule has 1 fully saturated rings. The SMILES string of the molecule is C[C@H](O)c1ccc(SC2COC2)c(F)c1. The van der Waals surface area contributed by atoms with Gasteiger partial charge in [-0.1, -0.05) is 6.07 Å². The molecule has 0 spiro atoms. The fourth-order valence-electron chi connectivity index (χ4n) is 1.33. The van der Waals surface area contributed by atoms with Gasteiger partial charge in [-0.3, -0.25) is 0 Å². The largest absolute Gasteiger partial charge is 0.389 e. The Labute approximate surface area is 92.4 Å². The number of ether oxygens (including phenoxy) is 1. The van der Waals surface area contributed by atoms with Gasteiger partial charge in [-0.2, -0.15) is 0 Å². The van der Waals surface area contributed by atoms with Crippen molar-refractivity contribution in [2.75, 3.05) is 13.2 Å². The van der Waals surface area contributed by atoms with Crippen LogP contribution in [-0.2, 0) is 4.74 Å². The highest BCUT2D eigenvalue weighted by molar-refractivity contribution is 8.00. The lowest BCUT2D eigenvalue weighted by Crippen LogP contribution is -2.30. The summed E-state index contributed by atoms with van der Waals surface area (Å²) in [5.41, 5.74) is 0.613. The number of halogens is 1. The van der Waals surface area contributed by atoms with Gasteiger partial charge >= 0.3 is 0 Å². The number of thioether (sulfide) groups is 1. The highest BCUT2D eigenvalue weighted by atomic mass is 32.2. The van der Waals surface area contributed by atoms with Gasteiger partial charge in [0, 0.05) is 4.90 Å². The molecular weight excluding hydrogens is 215 g/mol. The van der Waals surface area contributed by atoms with Crippen LogP contribution >= 0.6 is 11.8 Å². The van der Waals surface area contributed by atoms with Gasteiger partial charge in [-0.25, -0.2) is 4.39 Å². The molecule has 82 valence electrons. The zero-order valence-electron chi connectivity index (χ0n) is 8.44. The summed E-state index contributed by atoms with van der Waals surface area (Å²) in [4.78, 5) is 0.632. The zero-order chi connectivity index (χ0) is 10.8. The third-order valence-electron chi connectivity index (χ3n) is 2.34. The van der Waals surface area contributed by atoms with E-state index in [1.165, 1.54) is 17.8 Å². The molecule has 1 heterocycles. The van der Waals surface area contributed by atoms with Gasteiger partial charge in [0.25, 0.3) is 0 Å². The smallest absolute Gasteiger partial charge is 0.137 e. The second kappa shape index (κ2) is 4.51. The van der Waals surface area contributed by atoms with Crippen LogP contribution in [-0.4, -0.2) is 23.6 Å². The van der Waals surface area contributed by atoms with Crippen LogP contribution in [0.1, 0.15) is 18.6 Å². The second-order valence-corrected chi connectivity index (χ2v) is 4.99. The van der Waals surface area contributed by atoms with E-state index < -0.39 is 6.10 Å². The van der Waals surface area contributed by atoms with Crippen molar-refractivity contribution >= 4 is 11.8 Å². The molecule has 0 saturated carbocycles. The predicted molar refractivity (Wildman–Crippen MR) is 57.5 cm³/mol. The summed E-state index contributed by atoms with van der Waals surface area (Å²) in [6, 6.07) is 4.88. The first kappa shape index (κ1) is 10.9. The van der Waals surface area contributed by atoms with Crippen LogP contribution < -0.4 is 0 Å². The van der Waals surface area contributed by atoms with Crippen LogP contribution in [0, 0.1) is 5.82 Å². The molecule has 15 heavy (non-hydrogen) atoms. The highest BCUT2D eigenvalue weighted by Gasteiger charge is 2.21. The van der Waals surface area contributed by atoms with Gasteiger partial charge in [0.05, 0.1) is 24.6 Å². The lowest BCUT2D eigenvalue weighted by Gasteiger charge is -2.25. The first-order valence-electron chi connectivity index (χ1n) is 4.88. The minimum atomic E-state index is -0.620. The van der Waals surface area contributed by atoms with Gasteiger partial charge in [-0.15, -0.1) is 11.8 Å². The first-order chi connectivity index (χ1) is 7.16. The van der Waals surface area contributed by atoms with Crippen molar-refractivity contribution in [1.82, 2.24) is 0 Å². The van der Waals surface area contributed by atoms with Gasteiger partial charge in [0.1, 0.15) is 5.82 Å². The summed E-state index contributed by atoms with van der Waals surface area (Å²) in [5.74, 6) is -0.259. The maximum Gasteiger partial charge on any atom is 0.137 e. The van der Waals surface area contributed by atoms with Crippen LogP contribution in [0.5, 0.6) is 0 Å². The minimum absolute atomic E-state index is 0.259. The van der Waals surface area contributed by atoms with Crippen LogP contribution in [0.15, 0.2) is 23.1 Å². The van der Waals surface area contributed by atoms with Crippen molar-refractivity contribution in [2.24, 2.45) is 0 Å². The number of hydrogen-bond acceptors (Lipinski definition) is 3. The maximum atomic E-state index is 13.6. The topological polar surface area (TPSA) is 29.5 Å². The molecule has 0 radical (unpaired) electrons. The number of rotatable bonds is 3. The maximum absolute atomic E-state index is 13.6. The van der Waals surface area contributed by atoms with Crippen molar-refractivity contribution in [1.29, 1.82) is 0 Å². The predicted octanol–water partition coefficient (Wildman–Crippen LogP) is 2.37. The van der Waals surface area contributed by atoms with E-state index in [2.05, 4.69) is 0 Å². The van der Waals surface area contributed by atoms with E-state index in [0.717, 1.165) is 0 Å². The molecule has 0 aromatic heterocycles. The standard InChI is InChI=1S/C11H13FO2S/c1-7(13)8-2-3-11(10(12)4-8)15-9-5-14-6-9/h2-4,7,9,13H,5-6H2,1H3/t7-/m0/s1. The van der Waals surface area contributed by atoms with Crippen LogP contribution in [0.25, 0.3) is 0 Å². The molecule has 1 aromatic rings. The number of hydrogen-bond donors (Lipinski definition) is 1. The summed E-state index contributed by atoms with van der Waals surface area (Å²) in [6.45, 7) is 3.02. The van der Waals surface area contributed by atoms with Crippen molar-refractivity contribution in [3.63, 3.8) is 0 Å². The van der Waals surface area contributed by atoms with E-state index in [4.69, 9.17) is 4.74 Å². The van der Waals surface area contributed by atoms with Gasteiger partial charge in [0.15, 0.2) is 0 Å². The summed E-state index contributed by atoms with van der Waals surface area (Å²) in [6.07, 6.45) is -0.620. The molecule has 2 nitrogen and oxygen atoms in total. The fraction of sp³-hybridized carbons (Fsp3) is 0.455. The Morgan fingerprint density at radius 1 is 1.53 bits per heavy atom. The Hall–Kier alpha value is -0.580. The van der Waals surface area contributed by atoms with Crippen LogP contribution in [0.2, 0.25) is 0 Å². The molecule has 0 unspecified atom stereocenters. The van der Waals surface area contributed by atoms with Crippen LogP contribution in [0.4, 0.5) is 4.39 Å². The number of aliphatic hydroxyl groups is 1. The molecule has 1 aliphatic rings. The molecule has 0 bridgehead atoms. The second-order valence-electron chi connectivity index (χ2n) is 3.64. The summed E-state index contributed by atoms with van der Waals surface area (Å²) in [5, 5.41) is 9.66. The van der Waals surface area contributed by atoms with E-state index in [1.54, 1.807) is 19.1 Å². The number of aliphatic hydroxyl groups excluding tert-OH is 1. The fourth-order valence-corrected chi connectivity index (χ4v) is 2.34. The van der Waals surface area contributed by atoms with E-state index in [9.17, 15) is 9.50 Å². The average molecular weight is 228 g/mol. The molecule has 0 amide bonds. The Bertz CT molecular complexity index is 350. The van der Waals surface area contributed by atoms with E-state index >= 15 is 0 Å². The van der Waals surface area contributed by atoms with Crippen molar-refractivity contribution < 1.29 is 14.2 Å². The average Bonchev–Trinajstić information content (AvgIpc) is 2.12. The third kappa shape index (κ3) is 2.51. The monoisotopic (exact) mass is 228 g/mol. The molecular formula is C11H13FO2S. The molecule has 4 heteroatoms. The van der Waals surface area contributed by atoms with Crippen molar-refractivity contribution in [3.05, 3.63) is 29.6 Å². The molecule has 1 aromatic carbocycles. The quantitative estimate of drug-likeness (QED) is 0.861. The van der Waals surface area contributed by atoms with Crippen molar-refractivity contribution in [2.45, 2.75) is 23.2 Å². The molecule has 0 aliphatic carbocycles. The summed E-state index contributed by atoms with van der Waals surface area (Å²) >= 11 is 1.50. The Balaban J connectivity index is 2.11. The summed E-state index contributed by atoms with van der Waals surface area (Å²) < 4.78 is 18.6. The number of benzene rings is 1. The normalized spacial score (nSPS) is 18.6. The minimum Gasteiger partial charge on any atom is -0.389 e. The Morgan fingerprint density at radius 3 is 2.73 bits per heavy atom. The molecule has 1 atom stereocenters. The Morgan fingerprint density at radius 2 is 2.27 bits per heavy atom. The van der Waals surface area contributed by atoms with Crippen LogP contribution in [0.3, 0.4) is 0 Å². The molecule has 1 aliphatic heterocycles. The van der Waals surface area contributed by atoms with E-state index in [0.29, 0.717) is 28.9 Å². The van der Waals surface area contributed by atoms with Gasteiger partial charge in [0.2, 0.25) is 0 Å². The van der Waals surface area contributed by atoms with Gasteiger partial charge in [-0.05, 0) is 24.6 Å². The first-order valence-corrected chi connectivity index (χ1v) is 5.76. The summed E-state index contributed by atoms with van der Waals surface area (Å²) in [7, 11) is 0. The molecule has 1 N–H and O–H groups in total. The van der Waals surface area contributed by atoms with Crippen molar-refractivity contribution in [3.8, 4) is 0 Å². The third-order valence-corrected chi connectivity index (χ3v) is 3.53. The van der Waals surface area contributed by atoms with E-state index in [-0.39, 0.29) is 5.82 Å². The zero-order valence-corrected chi connectivity index (χ0v) is 9.26. The lowest BCUT2D eigenvalue weighted by molar-refractivity contribution is 0.0455. The molecule has 2 rings (SSSR count).